The molecular weight excluding hydrogens is 1230 g/mol. The minimum atomic E-state index is -4.96. The van der Waals surface area contributed by atoms with E-state index in [0.717, 1.165) is 95.8 Å². The van der Waals surface area contributed by atoms with Gasteiger partial charge in [-0.3, -0.25) is 37.3 Å². The largest absolute Gasteiger partial charge is 0.472 e. The minimum Gasteiger partial charge on any atom is -0.462 e. The first-order chi connectivity index (χ1) is 45.5. The molecule has 0 saturated carbocycles. The molecule has 19 heteroatoms. The Hall–Kier alpha value is -1.94. The lowest BCUT2D eigenvalue weighted by Gasteiger charge is -2.21. The Morgan fingerprint density at radius 1 is 0.287 bits per heavy atom. The summed E-state index contributed by atoms with van der Waals surface area (Å²) < 4.78 is 68.5. The summed E-state index contributed by atoms with van der Waals surface area (Å²) in [5, 5.41) is 10.6. The fraction of sp³-hybridized carbons (Fsp3) is 0.947. The van der Waals surface area contributed by atoms with Crippen molar-refractivity contribution in [3.63, 3.8) is 0 Å². The quantitative estimate of drug-likeness (QED) is 0.0222. The van der Waals surface area contributed by atoms with Crippen LogP contribution in [0.5, 0.6) is 0 Å². The van der Waals surface area contributed by atoms with Gasteiger partial charge in [0.05, 0.1) is 26.4 Å². The predicted molar refractivity (Wildman–Crippen MR) is 382 cm³/mol. The summed E-state index contributed by atoms with van der Waals surface area (Å²) >= 11 is 0. The standard InChI is InChI=1S/C75H146O17P2/c1-6-9-12-15-18-21-23-25-27-28-29-30-32-34-40-45-50-55-60-74(79)91-71(65-86-73(78)59-54-49-44-39-33-31-26-24-22-19-16-13-10-7-2)67-90-94(83,84)88-63-69(76)62-87-93(81,82)89-66-70(64-85-72(77)58-53-48-43-37-20-17-14-11-8-3)92-75(80)61-56-51-46-41-36-35-38-42-47-52-57-68(4)5/h68-71,76H,6-67H2,1-5H3,(H,81,82)(H,83,84)/t69-,70+,71+/m0/s1. The van der Waals surface area contributed by atoms with Gasteiger partial charge in [0.1, 0.15) is 19.3 Å². The second kappa shape index (κ2) is 68.2. The molecule has 0 bridgehead atoms. The predicted octanol–water partition coefficient (Wildman–Crippen LogP) is 22.1. The highest BCUT2D eigenvalue weighted by Gasteiger charge is 2.30. The third-order valence-corrected chi connectivity index (χ3v) is 19.4. The minimum absolute atomic E-state index is 0.106. The van der Waals surface area contributed by atoms with Crippen molar-refractivity contribution in [2.75, 3.05) is 39.6 Å². The molecule has 0 saturated heterocycles. The van der Waals surface area contributed by atoms with E-state index in [9.17, 15) is 43.2 Å². The van der Waals surface area contributed by atoms with Crippen LogP contribution in [0.4, 0.5) is 0 Å². The van der Waals surface area contributed by atoms with Crippen LogP contribution < -0.4 is 0 Å². The zero-order chi connectivity index (χ0) is 69.1. The maximum atomic E-state index is 13.1. The molecule has 0 amide bonds. The molecule has 17 nitrogen and oxygen atoms in total. The van der Waals surface area contributed by atoms with Crippen LogP contribution >= 0.6 is 15.6 Å². The van der Waals surface area contributed by atoms with Crippen molar-refractivity contribution in [2.24, 2.45) is 5.92 Å². The number of rotatable bonds is 75. The maximum absolute atomic E-state index is 13.1. The van der Waals surface area contributed by atoms with Gasteiger partial charge in [-0.25, -0.2) is 9.13 Å². The molecule has 0 aliphatic heterocycles. The molecule has 3 N–H and O–H groups in total. The highest BCUT2D eigenvalue weighted by molar-refractivity contribution is 7.47. The summed E-state index contributed by atoms with van der Waals surface area (Å²) in [5.41, 5.74) is 0. The molecule has 0 aliphatic rings. The normalized spacial score (nSPS) is 14.0. The molecule has 0 aliphatic carbocycles. The van der Waals surface area contributed by atoms with Crippen molar-refractivity contribution in [3.8, 4) is 0 Å². The number of carbonyl (C=O) groups is 4. The van der Waals surface area contributed by atoms with E-state index in [1.54, 1.807) is 0 Å². The van der Waals surface area contributed by atoms with Gasteiger partial charge < -0.3 is 33.8 Å². The van der Waals surface area contributed by atoms with E-state index in [0.29, 0.717) is 25.7 Å². The van der Waals surface area contributed by atoms with Crippen molar-refractivity contribution >= 4 is 39.5 Å². The Balaban J connectivity index is 5.22. The number of phosphoric ester groups is 2. The van der Waals surface area contributed by atoms with Gasteiger partial charge in [0, 0.05) is 25.7 Å². The first-order valence-corrected chi connectivity index (χ1v) is 42.1. The van der Waals surface area contributed by atoms with Crippen LogP contribution in [-0.2, 0) is 65.4 Å². The zero-order valence-electron chi connectivity index (χ0n) is 61.1. The molecule has 0 heterocycles. The van der Waals surface area contributed by atoms with E-state index in [1.807, 2.05) is 0 Å². The molecule has 558 valence electrons. The topological polar surface area (TPSA) is 237 Å². The van der Waals surface area contributed by atoms with Gasteiger partial charge in [-0.15, -0.1) is 0 Å². The van der Waals surface area contributed by atoms with E-state index in [2.05, 4.69) is 34.6 Å². The molecule has 0 rings (SSSR count). The highest BCUT2D eigenvalue weighted by Crippen LogP contribution is 2.45. The number of hydrogen-bond acceptors (Lipinski definition) is 15. The number of aliphatic hydroxyl groups excluding tert-OH is 1. The molecule has 0 spiro atoms. The van der Waals surface area contributed by atoms with Gasteiger partial charge in [0.2, 0.25) is 0 Å². The number of hydrogen-bond donors (Lipinski definition) is 3. The van der Waals surface area contributed by atoms with Crippen molar-refractivity contribution in [1.82, 2.24) is 0 Å². The second-order valence-corrected chi connectivity index (χ2v) is 30.4. The van der Waals surface area contributed by atoms with Gasteiger partial charge in [-0.05, 0) is 31.6 Å². The van der Waals surface area contributed by atoms with Gasteiger partial charge >= 0.3 is 39.5 Å². The fourth-order valence-electron chi connectivity index (χ4n) is 11.5. The average molecular weight is 1380 g/mol. The Kier molecular flexibility index (Phi) is 66.8. The summed E-state index contributed by atoms with van der Waals surface area (Å²) in [6, 6.07) is 0. The van der Waals surface area contributed by atoms with E-state index < -0.39 is 97.5 Å². The van der Waals surface area contributed by atoms with Crippen molar-refractivity contribution in [2.45, 2.75) is 412 Å². The van der Waals surface area contributed by atoms with Gasteiger partial charge in [0.25, 0.3) is 0 Å². The van der Waals surface area contributed by atoms with Crippen LogP contribution in [0.2, 0.25) is 0 Å². The van der Waals surface area contributed by atoms with Gasteiger partial charge in [0.15, 0.2) is 12.2 Å². The van der Waals surface area contributed by atoms with E-state index >= 15 is 0 Å². The lowest BCUT2D eigenvalue weighted by atomic mass is 10.0. The maximum Gasteiger partial charge on any atom is 0.472 e. The Morgan fingerprint density at radius 3 is 0.723 bits per heavy atom. The van der Waals surface area contributed by atoms with E-state index in [1.165, 1.54) is 218 Å². The highest BCUT2D eigenvalue weighted by atomic mass is 31.2. The summed E-state index contributed by atoms with van der Waals surface area (Å²) in [7, 11) is -9.91. The van der Waals surface area contributed by atoms with E-state index in [4.69, 9.17) is 37.0 Å². The molecule has 2 unspecified atom stereocenters. The lowest BCUT2D eigenvalue weighted by Crippen LogP contribution is -2.30. The third-order valence-electron chi connectivity index (χ3n) is 17.5. The second-order valence-electron chi connectivity index (χ2n) is 27.5. The first kappa shape index (κ1) is 92.1. The Bertz CT molecular complexity index is 1810. The molecule has 94 heavy (non-hydrogen) atoms. The average Bonchev–Trinajstić information content (AvgIpc) is 1.76. The summed E-state index contributed by atoms with van der Waals surface area (Å²) in [4.78, 5) is 72.7. The van der Waals surface area contributed by atoms with Crippen LogP contribution in [0.3, 0.4) is 0 Å². The first-order valence-electron chi connectivity index (χ1n) is 39.1. The number of aliphatic hydroxyl groups is 1. The number of carbonyl (C=O) groups excluding carboxylic acids is 4. The molecule has 0 radical (unpaired) electrons. The molecule has 0 aromatic heterocycles. The smallest absolute Gasteiger partial charge is 0.462 e. The van der Waals surface area contributed by atoms with Crippen molar-refractivity contribution in [3.05, 3.63) is 0 Å². The Labute approximate surface area is 575 Å². The monoisotopic (exact) mass is 1380 g/mol. The van der Waals surface area contributed by atoms with Crippen LogP contribution in [0.15, 0.2) is 0 Å². The third kappa shape index (κ3) is 68.6. The SMILES string of the molecule is CCCCCCCCCCCCCCCCCCCCC(=O)O[C@H](COC(=O)CCCCCCCCCCCCCCCC)COP(=O)(O)OC[C@@H](O)COP(=O)(O)OC[C@@H](COC(=O)CCCCCCCCCCC)OC(=O)CCCCCCCCCCCCC(C)C. The lowest BCUT2D eigenvalue weighted by molar-refractivity contribution is -0.161. The molecule has 0 fully saturated rings. The Morgan fingerprint density at radius 2 is 0.489 bits per heavy atom. The van der Waals surface area contributed by atoms with Crippen LogP contribution in [0.1, 0.15) is 394 Å². The van der Waals surface area contributed by atoms with Crippen LogP contribution in [-0.4, -0.2) is 96.7 Å². The van der Waals surface area contributed by atoms with Crippen molar-refractivity contribution in [1.29, 1.82) is 0 Å². The summed E-state index contributed by atoms with van der Waals surface area (Å²) in [6.07, 6.45) is 56.8. The van der Waals surface area contributed by atoms with Gasteiger partial charge in [-0.1, -0.05) is 343 Å². The molecule has 5 atom stereocenters. The number of phosphoric acid groups is 2. The summed E-state index contributed by atoms with van der Waals surface area (Å²) in [5.74, 6) is -1.36. The van der Waals surface area contributed by atoms with Crippen molar-refractivity contribution < 1.29 is 80.2 Å². The zero-order valence-corrected chi connectivity index (χ0v) is 62.9. The van der Waals surface area contributed by atoms with Crippen LogP contribution in [0, 0.1) is 5.92 Å². The number of esters is 4. The molecule has 0 aromatic carbocycles. The number of ether oxygens (including phenoxy) is 4. The summed E-state index contributed by atoms with van der Waals surface area (Å²) in [6.45, 7) is 7.27. The van der Waals surface area contributed by atoms with Crippen LogP contribution in [0.25, 0.3) is 0 Å². The van der Waals surface area contributed by atoms with E-state index in [-0.39, 0.29) is 25.7 Å². The molecular formula is C75H146O17P2. The van der Waals surface area contributed by atoms with Gasteiger partial charge in [-0.2, -0.15) is 0 Å². The fourth-order valence-corrected chi connectivity index (χ4v) is 13.1. The number of unbranched alkanes of at least 4 members (excludes halogenated alkanes) is 47. The molecule has 0 aromatic rings.